The van der Waals surface area contributed by atoms with Crippen LogP contribution in [0.3, 0.4) is 0 Å². The van der Waals surface area contributed by atoms with Crippen molar-refractivity contribution in [2.45, 2.75) is 12.1 Å². The summed E-state index contributed by atoms with van der Waals surface area (Å²) in [6, 6.07) is 0. The number of thiazole rings is 1. The molecule has 0 atom stereocenters. The average molecular weight is 202 g/mol. The minimum Gasteiger partial charge on any atom is -0.233 e. The molecule has 0 bridgehead atoms. The van der Waals surface area contributed by atoms with E-state index in [1.165, 1.54) is 0 Å². The third kappa shape index (κ3) is 1.40. The molecule has 1 nitrogen and oxygen atoms in total. The van der Waals surface area contributed by atoms with E-state index in [0.29, 0.717) is 0 Å². The summed E-state index contributed by atoms with van der Waals surface area (Å²) in [4.78, 5) is 2.78. The van der Waals surface area contributed by atoms with E-state index in [1.807, 2.05) is 6.20 Å². The lowest BCUT2D eigenvalue weighted by Gasteiger charge is -2.16. The highest BCUT2D eigenvalue weighted by atomic mass is 32.1. The molecule has 0 spiro atoms. The first-order valence-corrected chi connectivity index (χ1v) is 3.50. The zero-order valence-electron chi connectivity index (χ0n) is 5.32. The minimum absolute atomic E-state index is 0.220. The molecule has 0 aliphatic rings. The van der Waals surface area contributed by atoms with E-state index in [-0.39, 0.29) is 11.3 Å². The van der Waals surface area contributed by atoms with Crippen molar-refractivity contribution >= 4 is 11.3 Å². The van der Waals surface area contributed by atoms with Gasteiger partial charge in [0.1, 0.15) is 6.20 Å². The first-order chi connectivity index (χ1) is 5.36. The first kappa shape index (κ1) is 9.37. The van der Waals surface area contributed by atoms with Crippen molar-refractivity contribution in [2.24, 2.45) is 0 Å². The van der Waals surface area contributed by atoms with Crippen molar-refractivity contribution in [3.8, 4) is 0 Å². The van der Waals surface area contributed by atoms with Crippen LogP contribution in [-0.2, 0) is 5.92 Å². The summed E-state index contributed by atoms with van der Waals surface area (Å²) in [5.41, 5.74) is 0. The van der Waals surface area contributed by atoms with E-state index in [0.717, 1.165) is 5.38 Å². The molecule has 0 aliphatic heterocycles. The van der Waals surface area contributed by atoms with Crippen LogP contribution in [0.25, 0.3) is 0 Å². The topological polar surface area (TPSA) is 12.9 Å². The molecule has 1 heterocycles. The fraction of sp³-hybridized carbons (Fsp3) is 0.400. The number of alkyl halides is 5. The van der Waals surface area contributed by atoms with Crippen molar-refractivity contribution in [1.29, 1.82) is 0 Å². The number of halogens is 5. The second kappa shape index (κ2) is 2.65. The van der Waals surface area contributed by atoms with Gasteiger partial charge in [-0.15, -0.1) is 11.3 Å². The molecule has 0 aliphatic carbocycles. The second-order valence-electron chi connectivity index (χ2n) is 1.85. The Morgan fingerprint density at radius 2 is 1.83 bits per heavy atom. The van der Waals surface area contributed by atoms with Crippen molar-refractivity contribution in [3.63, 3.8) is 0 Å². The molecular formula is C5HF5NS. The van der Waals surface area contributed by atoms with Crippen LogP contribution in [0.15, 0.2) is 5.38 Å². The van der Waals surface area contributed by atoms with Gasteiger partial charge < -0.3 is 0 Å². The summed E-state index contributed by atoms with van der Waals surface area (Å²) in [6.45, 7) is 0. The number of rotatable bonds is 1. The van der Waals surface area contributed by atoms with Crippen LogP contribution in [0.5, 0.6) is 0 Å². The minimum atomic E-state index is -5.58. The lowest BCUT2D eigenvalue weighted by molar-refractivity contribution is -0.289. The molecule has 0 N–H and O–H groups in total. The molecule has 1 aromatic rings. The van der Waals surface area contributed by atoms with E-state index >= 15 is 0 Å². The van der Waals surface area contributed by atoms with Gasteiger partial charge in [-0.25, -0.2) is 4.98 Å². The molecule has 0 fully saturated rings. The zero-order chi connectivity index (χ0) is 9.41. The molecule has 1 rings (SSSR count). The van der Waals surface area contributed by atoms with Crippen molar-refractivity contribution < 1.29 is 22.0 Å². The van der Waals surface area contributed by atoms with E-state index < -0.39 is 17.1 Å². The van der Waals surface area contributed by atoms with Gasteiger partial charge in [-0.05, 0) is 0 Å². The Morgan fingerprint density at radius 1 is 1.25 bits per heavy atom. The fourth-order valence-electron chi connectivity index (χ4n) is 0.459. The van der Waals surface area contributed by atoms with E-state index in [1.54, 1.807) is 0 Å². The highest BCUT2D eigenvalue weighted by Gasteiger charge is 2.60. The summed E-state index contributed by atoms with van der Waals surface area (Å²) in [5, 5.41) is -0.343. The van der Waals surface area contributed by atoms with Crippen LogP contribution < -0.4 is 0 Å². The highest BCUT2D eigenvalue weighted by Crippen LogP contribution is 2.44. The average Bonchev–Trinajstić information content (AvgIpc) is 2.34. The summed E-state index contributed by atoms with van der Waals surface area (Å²) < 4.78 is 59.4. The lowest BCUT2D eigenvalue weighted by Crippen LogP contribution is -2.33. The number of aromatic nitrogens is 1. The highest BCUT2D eigenvalue weighted by molar-refractivity contribution is 7.09. The Bertz CT molecular complexity index is 251. The molecule has 0 saturated heterocycles. The fourth-order valence-corrected chi connectivity index (χ4v) is 1.05. The third-order valence-corrected chi connectivity index (χ3v) is 1.81. The van der Waals surface area contributed by atoms with E-state index in [4.69, 9.17) is 0 Å². The van der Waals surface area contributed by atoms with Gasteiger partial charge in [0.25, 0.3) is 0 Å². The summed E-state index contributed by atoms with van der Waals surface area (Å²) in [5.74, 6) is -4.86. The third-order valence-electron chi connectivity index (χ3n) is 1.01. The van der Waals surface area contributed by atoms with Crippen LogP contribution in [-0.4, -0.2) is 11.2 Å². The molecule has 0 amide bonds. The predicted molar refractivity (Wildman–Crippen MR) is 30.9 cm³/mol. The smallest absolute Gasteiger partial charge is 0.233 e. The maximum absolute atomic E-state index is 12.3. The van der Waals surface area contributed by atoms with Gasteiger partial charge in [0.05, 0.1) is 0 Å². The van der Waals surface area contributed by atoms with Gasteiger partial charge in [-0.2, -0.15) is 22.0 Å². The van der Waals surface area contributed by atoms with Gasteiger partial charge in [0, 0.05) is 5.38 Å². The van der Waals surface area contributed by atoms with Gasteiger partial charge in [-0.1, -0.05) is 0 Å². The summed E-state index contributed by atoms with van der Waals surface area (Å²) >= 11 is 0.220. The number of hydrogen-bond acceptors (Lipinski definition) is 2. The molecular weight excluding hydrogens is 201 g/mol. The second-order valence-corrected chi connectivity index (χ2v) is 2.71. The normalized spacial score (nSPS) is 13.4. The summed E-state index contributed by atoms with van der Waals surface area (Å²) in [6.07, 6.45) is -3.69. The maximum Gasteiger partial charge on any atom is 0.460 e. The van der Waals surface area contributed by atoms with Crippen molar-refractivity contribution in [2.75, 3.05) is 0 Å². The molecule has 67 valence electrons. The quantitative estimate of drug-likeness (QED) is 0.638. The Hall–Kier alpha value is -0.720. The van der Waals surface area contributed by atoms with Crippen molar-refractivity contribution in [1.82, 2.24) is 4.98 Å². The van der Waals surface area contributed by atoms with Crippen LogP contribution in [0, 0.1) is 6.20 Å². The summed E-state index contributed by atoms with van der Waals surface area (Å²) in [7, 11) is 0. The van der Waals surface area contributed by atoms with Crippen molar-refractivity contribution in [3.05, 3.63) is 16.6 Å². The van der Waals surface area contributed by atoms with Crippen LogP contribution >= 0.6 is 11.3 Å². The van der Waals surface area contributed by atoms with Gasteiger partial charge in [-0.3, -0.25) is 0 Å². The van der Waals surface area contributed by atoms with E-state index in [9.17, 15) is 22.0 Å². The van der Waals surface area contributed by atoms with Gasteiger partial charge in [0.2, 0.25) is 0 Å². The Balaban J connectivity index is 3.02. The largest absolute Gasteiger partial charge is 0.460 e. The van der Waals surface area contributed by atoms with Gasteiger partial charge in [0.15, 0.2) is 5.01 Å². The lowest BCUT2D eigenvalue weighted by atomic mass is 10.3. The Morgan fingerprint density at radius 3 is 2.17 bits per heavy atom. The number of nitrogens with zero attached hydrogens (tertiary/aromatic N) is 1. The van der Waals surface area contributed by atoms with Gasteiger partial charge >= 0.3 is 12.1 Å². The first-order valence-electron chi connectivity index (χ1n) is 2.62. The molecule has 0 unspecified atom stereocenters. The monoisotopic (exact) mass is 202 g/mol. The van der Waals surface area contributed by atoms with Crippen LogP contribution in [0.1, 0.15) is 5.01 Å². The molecule has 0 aromatic carbocycles. The van der Waals surface area contributed by atoms with Crippen LogP contribution in [0.4, 0.5) is 22.0 Å². The standard InChI is InChI=1S/C5HF5NS/c6-4(7,5(8,9)10)3-11-1-2-12-3/h2H. The Labute approximate surface area is 67.8 Å². The number of hydrogen-bond donors (Lipinski definition) is 0. The molecule has 12 heavy (non-hydrogen) atoms. The zero-order valence-corrected chi connectivity index (χ0v) is 6.14. The Kier molecular flexibility index (Phi) is 2.07. The molecule has 7 heteroatoms. The molecule has 1 radical (unpaired) electrons. The van der Waals surface area contributed by atoms with Crippen LogP contribution in [0.2, 0.25) is 0 Å². The van der Waals surface area contributed by atoms with E-state index in [2.05, 4.69) is 4.98 Å². The maximum atomic E-state index is 12.3. The molecule has 0 saturated carbocycles. The predicted octanol–water partition coefficient (Wildman–Crippen LogP) is 2.60. The molecule has 1 aromatic heterocycles. The SMILES string of the molecule is FC(F)(F)C(F)(F)c1n[c]cs1.